The van der Waals surface area contributed by atoms with Crippen LogP contribution >= 0.6 is 0 Å². The second-order valence-corrected chi connectivity index (χ2v) is 7.97. The molecule has 17 heavy (non-hydrogen) atoms. The van der Waals surface area contributed by atoms with Crippen molar-refractivity contribution >= 4 is 0 Å². The largest absolute Gasteiger partial charge is 0.390 e. The molecule has 0 unspecified atom stereocenters. The molecule has 1 saturated carbocycles. The van der Waals surface area contributed by atoms with Crippen LogP contribution in [0.25, 0.3) is 0 Å². The van der Waals surface area contributed by atoms with E-state index in [0.29, 0.717) is 5.92 Å². The van der Waals surface area contributed by atoms with Gasteiger partial charge in [0.15, 0.2) is 0 Å². The lowest BCUT2D eigenvalue weighted by Gasteiger charge is -2.50. The molecule has 0 atom stereocenters. The van der Waals surface area contributed by atoms with Gasteiger partial charge in [-0.05, 0) is 42.4 Å². The van der Waals surface area contributed by atoms with Gasteiger partial charge in [0.05, 0.1) is 5.60 Å². The fourth-order valence-electron chi connectivity index (χ4n) is 4.52. The van der Waals surface area contributed by atoms with E-state index in [1.807, 2.05) is 0 Å². The van der Waals surface area contributed by atoms with Crippen LogP contribution in [0, 0.1) is 16.7 Å². The first-order valence-electron chi connectivity index (χ1n) is 7.34. The Hall–Kier alpha value is -0.0400. The summed E-state index contributed by atoms with van der Waals surface area (Å²) in [4.78, 5) is 0. The molecule has 0 aromatic rings. The maximum absolute atomic E-state index is 11.0. The molecule has 0 spiro atoms. The van der Waals surface area contributed by atoms with Crippen LogP contribution in [-0.2, 0) is 0 Å². The Morgan fingerprint density at radius 2 is 1.29 bits per heavy atom. The van der Waals surface area contributed by atoms with Crippen molar-refractivity contribution in [1.82, 2.24) is 0 Å². The Bertz CT molecular complexity index is 232. The van der Waals surface area contributed by atoms with Gasteiger partial charge in [-0.1, -0.05) is 54.4 Å². The Balaban J connectivity index is 2.80. The van der Waals surface area contributed by atoms with Crippen LogP contribution in [0.5, 0.6) is 0 Å². The van der Waals surface area contributed by atoms with Gasteiger partial charge in [0.1, 0.15) is 0 Å². The first-order valence-corrected chi connectivity index (χ1v) is 7.34. The number of aliphatic hydroxyl groups is 1. The quantitative estimate of drug-likeness (QED) is 0.749. The van der Waals surface area contributed by atoms with Crippen molar-refractivity contribution in [3.05, 3.63) is 0 Å². The molecule has 0 amide bonds. The Morgan fingerprint density at radius 3 is 1.65 bits per heavy atom. The van der Waals surface area contributed by atoms with Crippen molar-refractivity contribution in [2.45, 2.75) is 85.7 Å². The Labute approximate surface area is 108 Å². The summed E-state index contributed by atoms with van der Waals surface area (Å²) in [6, 6.07) is 0. The molecule has 0 saturated heterocycles. The van der Waals surface area contributed by atoms with Crippen molar-refractivity contribution < 1.29 is 5.11 Å². The van der Waals surface area contributed by atoms with E-state index in [1.165, 1.54) is 19.3 Å². The third-order valence-electron chi connectivity index (χ3n) is 4.40. The van der Waals surface area contributed by atoms with E-state index in [9.17, 15) is 5.11 Å². The first kappa shape index (κ1) is 15.0. The van der Waals surface area contributed by atoms with E-state index in [2.05, 4.69) is 41.5 Å². The maximum atomic E-state index is 11.0. The maximum Gasteiger partial charge on any atom is 0.0660 e. The van der Waals surface area contributed by atoms with Crippen molar-refractivity contribution in [2.24, 2.45) is 16.7 Å². The summed E-state index contributed by atoms with van der Waals surface area (Å²) in [5.41, 5.74) is 0.132. The third-order valence-corrected chi connectivity index (χ3v) is 4.40. The lowest BCUT2D eigenvalue weighted by atomic mass is 9.58. The van der Waals surface area contributed by atoms with E-state index >= 15 is 0 Å². The Kier molecular flexibility index (Phi) is 4.34. The van der Waals surface area contributed by atoms with E-state index < -0.39 is 5.60 Å². The molecule has 0 bridgehead atoms. The molecule has 0 aromatic carbocycles. The summed E-state index contributed by atoms with van der Waals surface area (Å²) in [5, 5.41) is 11.0. The normalized spacial score (nSPS) is 26.1. The summed E-state index contributed by atoms with van der Waals surface area (Å²) in [5.74, 6) is 0.685. The zero-order valence-corrected chi connectivity index (χ0v) is 12.8. The van der Waals surface area contributed by atoms with E-state index in [4.69, 9.17) is 0 Å². The molecule has 1 rings (SSSR count). The van der Waals surface area contributed by atoms with E-state index in [0.717, 1.165) is 19.3 Å². The van der Waals surface area contributed by atoms with Crippen molar-refractivity contribution in [3.63, 3.8) is 0 Å². The molecule has 0 heterocycles. The molecule has 1 aliphatic carbocycles. The van der Waals surface area contributed by atoms with Gasteiger partial charge in [-0.2, -0.15) is 0 Å². The van der Waals surface area contributed by atoms with Crippen LogP contribution in [0.2, 0.25) is 0 Å². The Morgan fingerprint density at radius 1 is 0.882 bits per heavy atom. The van der Waals surface area contributed by atoms with Crippen LogP contribution < -0.4 is 0 Å². The fourth-order valence-corrected chi connectivity index (χ4v) is 4.52. The van der Waals surface area contributed by atoms with Gasteiger partial charge < -0.3 is 5.11 Å². The molecule has 1 heteroatoms. The van der Waals surface area contributed by atoms with E-state index in [-0.39, 0.29) is 10.8 Å². The molecule has 0 aromatic heterocycles. The third kappa shape index (κ3) is 4.28. The lowest BCUT2D eigenvalue weighted by molar-refractivity contribution is -0.0990. The number of rotatable bonds is 4. The van der Waals surface area contributed by atoms with Crippen molar-refractivity contribution in [1.29, 1.82) is 0 Å². The predicted octanol–water partition coefficient (Wildman–Crippen LogP) is 4.78. The molecular formula is C16H32O. The second-order valence-electron chi connectivity index (χ2n) is 7.97. The van der Waals surface area contributed by atoms with Crippen molar-refractivity contribution in [3.8, 4) is 0 Å². The highest BCUT2D eigenvalue weighted by Crippen LogP contribution is 2.52. The molecule has 102 valence electrons. The van der Waals surface area contributed by atoms with E-state index in [1.54, 1.807) is 0 Å². The molecule has 0 aliphatic heterocycles. The molecule has 1 N–H and O–H groups in total. The highest BCUT2D eigenvalue weighted by Gasteiger charge is 2.46. The average Bonchev–Trinajstić information content (AvgIpc) is 2.08. The van der Waals surface area contributed by atoms with Crippen LogP contribution in [-0.4, -0.2) is 10.7 Å². The molecular weight excluding hydrogens is 208 g/mol. The summed E-state index contributed by atoms with van der Waals surface area (Å²) < 4.78 is 0. The minimum absolute atomic E-state index is 0.280. The zero-order valence-electron chi connectivity index (χ0n) is 12.8. The van der Waals surface area contributed by atoms with Gasteiger partial charge in [-0.15, -0.1) is 0 Å². The molecule has 0 radical (unpaired) electrons. The fraction of sp³-hybridized carbons (Fsp3) is 1.00. The lowest BCUT2D eigenvalue weighted by Crippen LogP contribution is -2.47. The smallest absolute Gasteiger partial charge is 0.0660 e. The summed E-state index contributed by atoms with van der Waals surface area (Å²) in [7, 11) is 0. The summed E-state index contributed by atoms with van der Waals surface area (Å²) >= 11 is 0. The monoisotopic (exact) mass is 240 g/mol. The predicted molar refractivity (Wildman–Crippen MR) is 75.1 cm³/mol. The number of hydrogen-bond donors (Lipinski definition) is 1. The van der Waals surface area contributed by atoms with Gasteiger partial charge in [0, 0.05) is 0 Å². The SMILES string of the molecule is CCC(CC)CC1(O)CC(C)(C)CC(C)(C)C1. The minimum atomic E-state index is -0.429. The molecule has 1 nitrogen and oxygen atoms in total. The topological polar surface area (TPSA) is 20.2 Å². The van der Waals surface area contributed by atoms with Gasteiger partial charge in [-0.25, -0.2) is 0 Å². The molecule has 1 fully saturated rings. The summed E-state index contributed by atoms with van der Waals surface area (Å²) in [6.45, 7) is 13.7. The van der Waals surface area contributed by atoms with Crippen molar-refractivity contribution in [2.75, 3.05) is 0 Å². The number of hydrogen-bond acceptors (Lipinski definition) is 1. The second kappa shape index (κ2) is 4.91. The van der Waals surface area contributed by atoms with Gasteiger partial charge in [0.25, 0.3) is 0 Å². The highest BCUT2D eigenvalue weighted by molar-refractivity contribution is 4.98. The van der Waals surface area contributed by atoms with Crippen LogP contribution in [0.15, 0.2) is 0 Å². The first-order chi connectivity index (χ1) is 7.61. The minimum Gasteiger partial charge on any atom is -0.390 e. The van der Waals surface area contributed by atoms with Crippen LogP contribution in [0.1, 0.15) is 80.1 Å². The summed E-state index contributed by atoms with van der Waals surface area (Å²) in [6.07, 6.45) is 6.55. The van der Waals surface area contributed by atoms with Gasteiger partial charge in [-0.3, -0.25) is 0 Å². The standard InChI is InChI=1S/C16H32O/c1-7-13(8-2)9-16(17)11-14(3,4)10-15(5,6)12-16/h13,17H,7-12H2,1-6H3. The van der Waals surface area contributed by atoms with Crippen LogP contribution in [0.3, 0.4) is 0 Å². The van der Waals surface area contributed by atoms with Gasteiger partial charge >= 0.3 is 0 Å². The average molecular weight is 240 g/mol. The van der Waals surface area contributed by atoms with Gasteiger partial charge in [0.2, 0.25) is 0 Å². The van der Waals surface area contributed by atoms with Crippen LogP contribution in [0.4, 0.5) is 0 Å². The molecule has 1 aliphatic rings. The highest BCUT2D eigenvalue weighted by atomic mass is 16.3. The zero-order chi connectivity index (χ0) is 13.3.